The van der Waals surface area contributed by atoms with Crippen molar-refractivity contribution in [2.45, 2.75) is 18.4 Å². The molecule has 0 aliphatic carbocycles. The number of benzene rings is 2. The summed E-state index contributed by atoms with van der Waals surface area (Å²) in [4.78, 5) is 12.5. The fourth-order valence-corrected chi connectivity index (χ4v) is 3.64. The van der Waals surface area contributed by atoms with Crippen LogP contribution in [0.3, 0.4) is 0 Å². The van der Waals surface area contributed by atoms with E-state index in [9.17, 15) is 13.2 Å². The molecule has 2 aromatic carbocycles. The molecule has 6 nitrogen and oxygen atoms in total. The van der Waals surface area contributed by atoms with Gasteiger partial charge in [-0.3, -0.25) is 4.79 Å². The highest BCUT2D eigenvalue weighted by molar-refractivity contribution is 7.91. The molecule has 3 aromatic rings. The molecule has 0 spiro atoms. The summed E-state index contributed by atoms with van der Waals surface area (Å²) in [6, 6.07) is 15.7. The minimum atomic E-state index is -3.46. The normalized spacial score (nSPS) is 11.3. The van der Waals surface area contributed by atoms with Crippen molar-refractivity contribution >= 4 is 15.7 Å². The van der Waals surface area contributed by atoms with Gasteiger partial charge in [0, 0.05) is 18.9 Å². The Labute approximate surface area is 152 Å². The third kappa shape index (κ3) is 3.83. The van der Waals surface area contributed by atoms with Crippen molar-refractivity contribution in [2.24, 2.45) is 0 Å². The van der Waals surface area contributed by atoms with Crippen LogP contribution in [0.25, 0.3) is 5.69 Å². The number of hydrogen-bond acceptors (Lipinski definition) is 4. The molecule has 0 saturated carbocycles. The third-order valence-electron chi connectivity index (χ3n) is 4.01. The summed E-state index contributed by atoms with van der Waals surface area (Å²) in [5.74, 6) is -0.458. The Hall–Kier alpha value is -2.93. The van der Waals surface area contributed by atoms with E-state index < -0.39 is 15.7 Å². The molecule has 0 saturated heterocycles. The Bertz CT molecular complexity index is 995. The zero-order valence-corrected chi connectivity index (χ0v) is 15.1. The van der Waals surface area contributed by atoms with Crippen LogP contribution in [0.5, 0.6) is 0 Å². The summed E-state index contributed by atoms with van der Waals surface area (Å²) < 4.78 is 26.1. The van der Waals surface area contributed by atoms with E-state index >= 15 is 0 Å². The average Bonchev–Trinajstić information content (AvgIpc) is 3.21. The van der Waals surface area contributed by atoms with Gasteiger partial charge in [0.15, 0.2) is 9.84 Å². The van der Waals surface area contributed by atoms with Crippen LogP contribution in [0.1, 0.15) is 22.8 Å². The van der Waals surface area contributed by atoms with Gasteiger partial charge >= 0.3 is 0 Å². The lowest BCUT2D eigenvalue weighted by atomic mass is 10.2. The van der Waals surface area contributed by atoms with E-state index in [1.807, 2.05) is 36.5 Å². The Morgan fingerprint density at radius 2 is 1.81 bits per heavy atom. The van der Waals surface area contributed by atoms with E-state index in [2.05, 4.69) is 10.4 Å². The van der Waals surface area contributed by atoms with E-state index in [1.54, 1.807) is 29.9 Å². The van der Waals surface area contributed by atoms with Gasteiger partial charge in [-0.2, -0.15) is 5.10 Å². The van der Waals surface area contributed by atoms with Crippen molar-refractivity contribution in [2.75, 3.05) is 5.75 Å². The van der Waals surface area contributed by atoms with Crippen molar-refractivity contribution in [3.8, 4) is 5.69 Å². The molecule has 0 unspecified atom stereocenters. The summed E-state index contributed by atoms with van der Waals surface area (Å²) in [7, 11) is -3.46. The fourth-order valence-electron chi connectivity index (χ4n) is 2.55. The summed E-state index contributed by atoms with van der Waals surface area (Å²) in [5.41, 5.74) is 2.00. The largest absolute Gasteiger partial charge is 0.348 e. The van der Waals surface area contributed by atoms with Crippen molar-refractivity contribution in [3.63, 3.8) is 0 Å². The van der Waals surface area contributed by atoms with Gasteiger partial charge in [0.2, 0.25) is 0 Å². The lowest BCUT2D eigenvalue weighted by molar-refractivity contribution is 0.0947. The Morgan fingerprint density at radius 3 is 2.46 bits per heavy atom. The number of carbonyl (C=O) groups is 1. The number of aromatic nitrogens is 2. The molecule has 0 atom stereocenters. The lowest BCUT2D eigenvalue weighted by Gasteiger charge is -2.10. The molecule has 1 amide bonds. The van der Waals surface area contributed by atoms with Gasteiger partial charge < -0.3 is 5.32 Å². The number of nitrogens with zero attached hydrogens (tertiary/aromatic N) is 2. The zero-order chi connectivity index (χ0) is 18.6. The highest BCUT2D eigenvalue weighted by Gasteiger charge is 2.20. The van der Waals surface area contributed by atoms with Gasteiger partial charge in [0.05, 0.1) is 21.9 Å². The van der Waals surface area contributed by atoms with Gasteiger partial charge in [-0.15, -0.1) is 0 Å². The highest BCUT2D eigenvalue weighted by atomic mass is 32.2. The molecule has 0 aliphatic heterocycles. The average molecular weight is 369 g/mol. The minimum absolute atomic E-state index is 0.0494. The third-order valence-corrected chi connectivity index (χ3v) is 5.79. The van der Waals surface area contributed by atoms with Gasteiger partial charge in [-0.05, 0) is 35.9 Å². The number of sulfone groups is 1. The molecule has 7 heteroatoms. The molecule has 26 heavy (non-hydrogen) atoms. The number of carbonyl (C=O) groups excluding carboxylic acids is 1. The highest BCUT2D eigenvalue weighted by Crippen LogP contribution is 2.17. The zero-order valence-electron chi connectivity index (χ0n) is 14.3. The monoisotopic (exact) mass is 369 g/mol. The molecule has 0 fully saturated rings. The quantitative estimate of drug-likeness (QED) is 0.724. The molecule has 1 aromatic heterocycles. The van der Waals surface area contributed by atoms with Gasteiger partial charge in [-0.1, -0.05) is 31.2 Å². The number of amides is 1. The van der Waals surface area contributed by atoms with Crippen LogP contribution in [-0.2, 0) is 16.4 Å². The number of hydrogen-bond donors (Lipinski definition) is 1. The maximum absolute atomic E-state index is 12.5. The molecule has 0 radical (unpaired) electrons. The summed E-state index contributed by atoms with van der Waals surface area (Å²) in [6.45, 7) is 1.86. The topological polar surface area (TPSA) is 81.1 Å². The maximum Gasteiger partial charge on any atom is 0.252 e. The van der Waals surface area contributed by atoms with Crippen LogP contribution in [0, 0.1) is 0 Å². The Kier molecular flexibility index (Phi) is 5.18. The molecule has 0 bridgehead atoms. The van der Waals surface area contributed by atoms with Gasteiger partial charge in [0.25, 0.3) is 5.91 Å². The molecule has 1 heterocycles. The number of rotatable bonds is 6. The second-order valence-corrected chi connectivity index (χ2v) is 7.95. The maximum atomic E-state index is 12.5. The smallest absolute Gasteiger partial charge is 0.252 e. The molecule has 0 aliphatic rings. The summed E-state index contributed by atoms with van der Waals surface area (Å²) in [6.07, 6.45) is 3.55. The van der Waals surface area contributed by atoms with Crippen LogP contribution in [0.2, 0.25) is 0 Å². The van der Waals surface area contributed by atoms with E-state index in [0.29, 0.717) is 6.54 Å². The second-order valence-electron chi connectivity index (χ2n) is 5.70. The second kappa shape index (κ2) is 7.53. The van der Waals surface area contributed by atoms with Gasteiger partial charge in [-0.25, -0.2) is 13.1 Å². The van der Waals surface area contributed by atoms with Crippen molar-refractivity contribution in [3.05, 3.63) is 78.1 Å². The Morgan fingerprint density at radius 1 is 1.08 bits per heavy atom. The summed E-state index contributed by atoms with van der Waals surface area (Å²) >= 11 is 0. The first-order valence-electron chi connectivity index (χ1n) is 8.20. The first-order valence-corrected chi connectivity index (χ1v) is 9.85. The Balaban J connectivity index is 1.72. The minimum Gasteiger partial charge on any atom is -0.348 e. The molecule has 134 valence electrons. The predicted octanol–water partition coefficient (Wildman–Crippen LogP) is 2.60. The lowest BCUT2D eigenvalue weighted by Crippen LogP contribution is -2.25. The molecular weight excluding hydrogens is 350 g/mol. The summed E-state index contributed by atoms with van der Waals surface area (Å²) in [5, 5.41) is 6.94. The molecule has 3 rings (SSSR count). The van der Waals surface area contributed by atoms with Crippen molar-refractivity contribution in [1.29, 1.82) is 0 Å². The van der Waals surface area contributed by atoms with E-state index in [4.69, 9.17) is 0 Å². The van der Waals surface area contributed by atoms with Crippen LogP contribution in [0.4, 0.5) is 0 Å². The molecule has 1 N–H and O–H groups in total. The van der Waals surface area contributed by atoms with Crippen molar-refractivity contribution < 1.29 is 13.2 Å². The van der Waals surface area contributed by atoms with Crippen LogP contribution in [-0.4, -0.2) is 29.9 Å². The van der Waals surface area contributed by atoms with Crippen LogP contribution >= 0.6 is 0 Å². The first kappa shape index (κ1) is 17.9. The standard InChI is InChI=1S/C19H19N3O3S/c1-2-26(24,25)18-7-4-3-6-17(18)19(23)20-14-15-8-10-16(11-9-15)22-13-5-12-21-22/h3-13H,2,14H2,1H3,(H,20,23). The van der Waals surface area contributed by atoms with Crippen LogP contribution < -0.4 is 5.32 Å². The number of nitrogens with one attached hydrogen (secondary N) is 1. The van der Waals surface area contributed by atoms with E-state index in [1.165, 1.54) is 12.1 Å². The van der Waals surface area contributed by atoms with Crippen molar-refractivity contribution in [1.82, 2.24) is 15.1 Å². The predicted molar refractivity (Wildman–Crippen MR) is 98.9 cm³/mol. The van der Waals surface area contributed by atoms with E-state index in [-0.39, 0.29) is 16.2 Å². The van der Waals surface area contributed by atoms with Crippen LogP contribution in [0.15, 0.2) is 71.9 Å². The fraction of sp³-hybridized carbons (Fsp3) is 0.158. The first-order chi connectivity index (χ1) is 12.5. The molecular formula is C19H19N3O3S. The SMILES string of the molecule is CCS(=O)(=O)c1ccccc1C(=O)NCc1ccc(-n2cccn2)cc1. The van der Waals surface area contributed by atoms with Gasteiger partial charge in [0.1, 0.15) is 0 Å². The van der Waals surface area contributed by atoms with E-state index in [0.717, 1.165) is 11.3 Å².